The molecule has 1 aromatic carbocycles. The zero-order valence-corrected chi connectivity index (χ0v) is 11.8. The molecule has 0 radical (unpaired) electrons. The van der Waals surface area contributed by atoms with Crippen LogP contribution in [0.5, 0.6) is 0 Å². The molecule has 0 spiro atoms. The zero-order valence-electron chi connectivity index (χ0n) is 11.8. The average Bonchev–Trinajstić information content (AvgIpc) is 2.48. The number of aromatic nitrogens is 1. The number of rotatable bonds is 5. The summed E-state index contributed by atoms with van der Waals surface area (Å²) in [5.74, 6) is 0.724. The fourth-order valence-electron chi connectivity index (χ4n) is 1.99. The van der Waals surface area contributed by atoms with Gasteiger partial charge in [0.25, 0.3) is 5.91 Å². The maximum absolute atomic E-state index is 12.4. The summed E-state index contributed by atoms with van der Waals surface area (Å²) in [5, 5.41) is 3.11. The Morgan fingerprint density at radius 3 is 2.70 bits per heavy atom. The summed E-state index contributed by atoms with van der Waals surface area (Å²) in [6.45, 7) is 3.38. The number of carbonyl (C=O) groups is 1. The van der Waals surface area contributed by atoms with E-state index in [0.29, 0.717) is 12.1 Å². The highest BCUT2D eigenvalue weighted by Crippen LogP contribution is 2.11. The van der Waals surface area contributed by atoms with Crippen LogP contribution in [0.2, 0.25) is 0 Å². The van der Waals surface area contributed by atoms with Gasteiger partial charge in [-0.1, -0.05) is 30.3 Å². The maximum atomic E-state index is 12.4. The lowest BCUT2D eigenvalue weighted by atomic mass is 10.2. The van der Waals surface area contributed by atoms with Crippen LogP contribution in [0.25, 0.3) is 0 Å². The Balaban J connectivity index is 2.08. The Hall–Kier alpha value is -2.36. The van der Waals surface area contributed by atoms with E-state index in [2.05, 4.69) is 10.3 Å². The highest BCUT2D eigenvalue weighted by atomic mass is 16.2. The van der Waals surface area contributed by atoms with E-state index in [-0.39, 0.29) is 5.91 Å². The largest absolute Gasteiger partial charge is 0.370 e. The van der Waals surface area contributed by atoms with E-state index in [1.807, 2.05) is 44.3 Å². The molecule has 4 heteroatoms. The Labute approximate surface area is 119 Å². The molecular formula is C16H19N3O. The summed E-state index contributed by atoms with van der Waals surface area (Å²) in [7, 11) is 1.81. The third kappa shape index (κ3) is 3.57. The van der Waals surface area contributed by atoms with Gasteiger partial charge in [0.05, 0.1) is 0 Å². The summed E-state index contributed by atoms with van der Waals surface area (Å²) >= 11 is 0. The van der Waals surface area contributed by atoms with E-state index < -0.39 is 0 Å². The second kappa shape index (κ2) is 6.70. The minimum atomic E-state index is -0.00425. The molecule has 1 aromatic heterocycles. The molecule has 104 valence electrons. The number of amides is 1. The highest BCUT2D eigenvalue weighted by Gasteiger charge is 2.12. The molecule has 0 aliphatic carbocycles. The van der Waals surface area contributed by atoms with Gasteiger partial charge in [0.15, 0.2) is 0 Å². The lowest BCUT2D eigenvalue weighted by Gasteiger charge is -2.17. The van der Waals surface area contributed by atoms with Gasteiger partial charge >= 0.3 is 0 Å². The van der Waals surface area contributed by atoms with E-state index in [0.717, 1.165) is 17.9 Å². The first-order valence-electron chi connectivity index (χ1n) is 6.70. The van der Waals surface area contributed by atoms with E-state index in [4.69, 9.17) is 0 Å². The van der Waals surface area contributed by atoms with Crippen LogP contribution in [0.1, 0.15) is 22.8 Å². The van der Waals surface area contributed by atoms with Crippen LogP contribution in [0.3, 0.4) is 0 Å². The minimum absolute atomic E-state index is 0.00425. The minimum Gasteiger partial charge on any atom is -0.370 e. The molecule has 0 aliphatic heterocycles. The van der Waals surface area contributed by atoms with Gasteiger partial charge in [-0.25, -0.2) is 4.98 Å². The highest BCUT2D eigenvalue weighted by molar-refractivity contribution is 5.94. The fraction of sp³-hybridized carbons (Fsp3) is 0.250. The van der Waals surface area contributed by atoms with Gasteiger partial charge in [0.1, 0.15) is 5.82 Å². The molecule has 0 saturated carbocycles. The number of pyridine rings is 1. The molecule has 20 heavy (non-hydrogen) atoms. The second-order valence-electron chi connectivity index (χ2n) is 4.61. The van der Waals surface area contributed by atoms with Crippen LogP contribution >= 0.6 is 0 Å². The van der Waals surface area contributed by atoms with Gasteiger partial charge in [-0.3, -0.25) is 4.79 Å². The third-order valence-corrected chi connectivity index (χ3v) is 2.97. The van der Waals surface area contributed by atoms with Crippen molar-refractivity contribution in [3.05, 3.63) is 59.8 Å². The number of hydrogen-bond donors (Lipinski definition) is 1. The summed E-state index contributed by atoms with van der Waals surface area (Å²) < 4.78 is 0. The van der Waals surface area contributed by atoms with Crippen molar-refractivity contribution in [2.24, 2.45) is 0 Å². The topological polar surface area (TPSA) is 45.2 Å². The first-order chi connectivity index (χ1) is 9.70. The number of nitrogens with zero attached hydrogens (tertiary/aromatic N) is 2. The third-order valence-electron chi connectivity index (χ3n) is 2.97. The van der Waals surface area contributed by atoms with Crippen molar-refractivity contribution in [1.29, 1.82) is 0 Å². The van der Waals surface area contributed by atoms with E-state index in [9.17, 15) is 4.79 Å². The van der Waals surface area contributed by atoms with E-state index in [1.165, 1.54) is 0 Å². The molecule has 1 N–H and O–H groups in total. The summed E-state index contributed by atoms with van der Waals surface area (Å²) in [5.41, 5.74) is 1.76. The van der Waals surface area contributed by atoms with Gasteiger partial charge in [-0.15, -0.1) is 0 Å². The monoisotopic (exact) mass is 269 g/mol. The Kier molecular flexibility index (Phi) is 4.71. The molecule has 0 saturated heterocycles. The lowest BCUT2D eigenvalue weighted by Crippen LogP contribution is -2.26. The first-order valence-corrected chi connectivity index (χ1v) is 6.70. The molecule has 0 unspecified atom stereocenters. The zero-order chi connectivity index (χ0) is 14.4. The van der Waals surface area contributed by atoms with Gasteiger partial charge in [0.2, 0.25) is 0 Å². The van der Waals surface area contributed by atoms with E-state index >= 15 is 0 Å². The lowest BCUT2D eigenvalue weighted by molar-refractivity contribution is 0.0785. The van der Waals surface area contributed by atoms with Crippen molar-refractivity contribution < 1.29 is 4.79 Å². The molecule has 0 atom stereocenters. The van der Waals surface area contributed by atoms with Gasteiger partial charge in [-0.2, -0.15) is 0 Å². The molecule has 1 heterocycles. The second-order valence-corrected chi connectivity index (χ2v) is 4.61. The predicted molar refractivity (Wildman–Crippen MR) is 80.6 cm³/mol. The van der Waals surface area contributed by atoms with Crippen LogP contribution in [0.15, 0.2) is 48.7 Å². The number of benzene rings is 1. The van der Waals surface area contributed by atoms with Crippen molar-refractivity contribution >= 4 is 11.7 Å². The summed E-state index contributed by atoms with van der Waals surface area (Å²) in [4.78, 5) is 18.3. The molecule has 2 aromatic rings. The molecule has 0 aliphatic rings. The summed E-state index contributed by atoms with van der Waals surface area (Å²) in [6.07, 6.45) is 1.65. The van der Waals surface area contributed by atoms with Crippen molar-refractivity contribution in [2.75, 3.05) is 18.9 Å². The Bertz CT molecular complexity index is 569. The van der Waals surface area contributed by atoms with Crippen LogP contribution in [-0.2, 0) is 6.54 Å². The van der Waals surface area contributed by atoms with Crippen molar-refractivity contribution in [3.8, 4) is 0 Å². The van der Waals surface area contributed by atoms with Crippen LogP contribution < -0.4 is 5.32 Å². The fourth-order valence-corrected chi connectivity index (χ4v) is 1.99. The maximum Gasteiger partial charge on any atom is 0.254 e. The first kappa shape index (κ1) is 14.1. The summed E-state index contributed by atoms with van der Waals surface area (Å²) in [6, 6.07) is 13.5. The van der Waals surface area contributed by atoms with Crippen molar-refractivity contribution in [1.82, 2.24) is 9.88 Å². The predicted octanol–water partition coefficient (Wildman–Crippen LogP) is 2.79. The smallest absolute Gasteiger partial charge is 0.254 e. The van der Waals surface area contributed by atoms with Gasteiger partial charge < -0.3 is 10.2 Å². The number of anilines is 1. The molecule has 0 fully saturated rings. The number of nitrogens with one attached hydrogen (secondary N) is 1. The number of carbonyl (C=O) groups excluding carboxylic acids is 1. The molecule has 1 amide bonds. The molecule has 0 bridgehead atoms. The number of hydrogen-bond acceptors (Lipinski definition) is 3. The van der Waals surface area contributed by atoms with Crippen molar-refractivity contribution in [2.45, 2.75) is 13.5 Å². The van der Waals surface area contributed by atoms with Crippen molar-refractivity contribution in [3.63, 3.8) is 0 Å². The van der Waals surface area contributed by atoms with E-state index in [1.54, 1.807) is 23.2 Å². The van der Waals surface area contributed by atoms with Crippen LogP contribution in [0.4, 0.5) is 5.82 Å². The van der Waals surface area contributed by atoms with Gasteiger partial charge in [-0.05, 0) is 24.6 Å². The Morgan fingerprint density at radius 2 is 2.00 bits per heavy atom. The van der Waals surface area contributed by atoms with Crippen LogP contribution in [-0.4, -0.2) is 29.4 Å². The van der Waals surface area contributed by atoms with Gasteiger partial charge in [0, 0.05) is 31.9 Å². The van der Waals surface area contributed by atoms with Crippen LogP contribution in [0, 0.1) is 0 Å². The average molecular weight is 269 g/mol. The molecule has 2 rings (SSSR count). The molecule has 4 nitrogen and oxygen atoms in total. The molecular weight excluding hydrogens is 250 g/mol. The normalized spacial score (nSPS) is 10.1. The standard InChI is InChI=1S/C16H19N3O/c1-3-17-15-11-14(9-10-18-15)16(20)19(2)12-13-7-5-4-6-8-13/h4-11H,3,12H2,1-2H3,(H,17,18). The Morgan fingerprint density at radius 1 is 1.25 bits per heavy atom. The SMILES string of the molecule is CCNc1cc(C(=O)N(C)Cc2ccccc2)ccn1. The quantitative estimate of drug-likeness (QED) is 0.907.